The number of halogens is 1. The second-order valence-corrected chi connectivity index (χ2v) is 5.11. The molecule has 1 heterocycles. The lowest BCUT2D eigenvalue weighted by atomic mass is 10.1. The lowest BCUT2D eigenvalue weighted by Gasteiger charge is -2.15. The first-order chi connectivity index (χ1) is 10.0. The van der Waals surface area contributed by atoms with E-state index in [-0.39, 0.29) is 5.92 Å². The normalized spacial score (nSPS) is 10.8. The second-order valence-electron chi connectivity index (χ2n) is 4.70. The predicted molar refractivity (Wildman–Crippen MR) is 78.9 cm³/mol. The molecule has 0 spiro atoms. The molecule has 0 saturated carbocycles. The van der Waals surface area contributed by atoms with Crippen molar-refractivity contribution in [1.29, 1.82) is 0 Å². The Kier molecular flexibility index (Phi) is 4.47. The van der Waals surface area contributed by atoms with Gasteiger partial charge in [0.1, 0.15) is 22.9 Å². The van der Waals surface area contributed by atoms with Gasteiger partial charge >= 0.3 is 0 Å². The summed E-state index contributed by atoms with van der Waals surface area (Å²) >= 11 is 6.10. The standard InChI is InChI=1S/C14H16ClN3O3/c1-8(2)14-10(7-19)16-17-18(14)11-6-12(20-3)9(15)5-13(11)21-4/h5-8H,1-4H3. The molecule has 0 fully saturated rings. The summed E-state index contributed by atoms with van der Waals surface area (Å²) in [6, 6.07) is 3.35. The number of nitrogens with zero attached hydrogens (tertiary/aromatic N) is 3. The largest absolute Gasteiger partial charge is 0.495 e. The average Bonchev–Trinajstić information content (AvgIpc) is 2.90. The molecule has 0 aliphatic heterocycles. The summed E-state index contributed by atoms with van der Waals surface area (Å²) in [6.07, 6.45) is 0.693. The van der Waals surface area contributed by atoms with Gasteiger partial charge in [-0.3, -0.25) is 4.79 Å². The number of hydrogen-bond acceptors (Lipinski definition) is 5. The van der Waals surface area contributed by atoms with Crippen molar-refractivity contribution in [2.24, 2.45) is 0 Å². The van der Waals surface area contributed by atoms with Crippen LogP contribution in [0.25, 0.3) is 5.69 Å². The Bertz CT molecular complexity index is 668. The van der Waals surface area contributed by atoms with Crippen molar-refractivity contribution in [3.63, 3.8) is 0 Å². The van der Waals surface area contributed by atoms with Crippen molar-refractivity contribution in [3.8, 4) is 17.2 Å². The number of methoxy groups -OCH3 is 2. The minimum Gasteiger partial charge on any atom is -0.495 e. The number of aromatic nitrogens is 3. The molecule has 0 radical (unpaired) electrons. The molecule has 1 aromatic carbocycles. The van der Waals surface area contributed by atoms with Crippen LogP contribution in [0.15, 0.2) is 12.1 Å². The highest BCUT2D eigenvalue weighted by molar-refractivity contribution is 6.32. The number of hydrogen-bond donors (Lipinski definition) is 0. The van der Waals surface area contributed by atoms with Crippen LogP contribution in [-0.2, 0) is 0 Å². The Balaban J connectivity index is 2.71. The van der Waals surface area contributed by atoms with Gasteiger partial charge in [0.25, 0.3) is 0 Å². The van der Waals surface area contributed by atoms with Crippen LogP contribution < -0.4 is 9.47 Å². The van der Waals surface area contributed by atoms with Gasteiger partial charge in [-0.2, -0.15) is 0 Å². The fourth-order valence-corrected chi connectivity index (χ4v) is 2.34. The molecular weight excluding hydrogens is 294 g/mol. The van der Waals surface area contributed by atoms with Crippen LogP contribution >= 0.6 is 11.6 Å². The zero-order valence-electron chi connectivity index (χ0n) is 12.3. The maximum atomic E-state index is 11.1. The van der Waals surface area contributed by atoms with Gasteiger partial charge in [0, 0.05) is 12.1 Å². The molecule has 21 heavy (non-hydrogen) atoms. The van der Waals surface area contributed by atoms with Gasteiger partial charge in [0.15, 0.2) is 6.29 Å². The Labute approximate surface area is 127 Å². The zero-order valence-corrected chi connectivity index (χ0v) is 13.0. The second kappa shape index (κ2) is 6.13. The van der Waals surface area contributed by atoms with Crippen molar-refractivity contribution in [2.75, 3.05) is 14.2 Å². The van der Waals surface area contributed by atoms with E-state index in [1.54, 1.807) is 16.8 Å². The lowest BCUT2D eigenvalue weighted by Crippen LogP contribution is -2.07. The summed E-state index contributed by atoms with van der Waals surface area (Å²) in [5.74, 6) is 1.07. The molecular formula is C14H16ClN3O3. The van der Waals surface area contributed by atoms with Crippen LogP contribution in [-0.4, -0.2) is 35.5 Å². The average molecular weight is 310 g/mol. The fourth-order valence-electron chi connectivity index (χ4n) is 2.11. The zero-order chi connectivity index (χ0) is 15.6. The summed E-state index contributed by atoms with van der Waals surface area (Å²) in [5.41, 5.74) is 1.62. The molecule has 0 saturated heterocycles. The summed E-state index contributed by atoms with van der Waals surface area (Å²) in [7, 11) is 3.06. The van der Waals surface area contributed by atoms with Crippen molar-refractivity contribution < 1.29 is 14.3 Å². The van der Waals surface area contributed by atoms with Crippen molar-refractivity contribution in [2.45, 2.75) is 19.8 Å². The van der Waals surface area contributed by atoms with E-state index in [1.165, 1.54) is 14.2 Å². The summed E-state index contributed by atoms with van der Waals surface area (Å²) in [6.45, 7) is 3.92. The van der Waals surface area contributed by atoms with Gasteiger partial charge in [-0.05, 0) is 5.92 Å². The Hall–Kier alpha value is -2.08. The molecule has 0 unspecified atom stereocenters. The molecule has 6 nitrogen and oxygen atoms in total. The highest BCUT2D eigenvalue weighted by Gasteiger charge is 2.20. The van der Waals surface area contributed by atoms with E-state index in [2.05, 4.69) is 10.3 Å². The van der Waals surface area contributed by atoms with E-state index in [4.69, 9.17) is 21.1 Å². The Morgan fingerprint density at radius 1 is 1.24 bits per heavy atom. The number of rotatable bonds is 5. The molecule has 2 rings (SSSR count). The van der Waals surface area contributed by atoms with Gasteiger partial charge in [-0.15, -0.1) is 5.10 Å². The monoisotopic (exact) mass is 309 g/mol. The highest BCUT2D eigenvalue weighted by atomic mass is 35.5. The van der Waals surface area contributed by atoms with Crippen LogP contribution in [0, 0.1) is 0 Å². The molecule has 0 bridgehead atoms. The summed E-state index contributed by atoms with van der Waals surface area (Å²) in [4.78, 5) is 11.1. The van der Waals surface area contributed by atoms with Crippen LogP contribution in [0.4, 0.5) is 0 Å². The topological polar surface area (TPSA) is 66.2 Å². The van der Waals surface area contributed by atoms with E-state index in [9.17, 15) is 4.79 Å². The Morgan fingerprint density at radius 2 is 1.90 bits per heavy atom. The number of aldehydes is 1. The molecule has 2 aromatic rings. The fraction of sp³-hybridized carbons (Fsp3) is 0.357. The van der Waals surface area contributed by atoms with Gasteiger partial charge in [0.05, 0.1) is 24.9 Å². The molecule has 0 amide bonds. The molecule has 0 aliphatic carbocycles. The first-order valence-corrected chi connectivity index (χ1v) is 6.73. The van der Waals surface area contributed by atoms with Crippen LogP contribution in [0.2, 0.25) is 5.02 Å². The van der Waals surface area contributed by atoms with Crippen molar-refractivity contribution >= 4 is 17.9 Å². The highest BCUT2D eigenvalue weighted by Crippen LogP contribution is 2.35. The van der Waals surface area contributed by atoms with E-state index >= 15 is 0 Å². The van der Waals surface area contributed by atoms with E-state index in [1.807, 2.05) is 13.8 Å². The molecule has 7 heteroatoms. The number of carbonyl (C=O) groups is 1. The van der Waals surface area contributed by atoms with Crippen LogP contribution in [0.5, 0.6) is 11.5 Å². The summed E-state index contributed by atoms with van der Waals surface area (Å²) < 4.78 is 12.1. The van der Waals surface area contributed by atoms with Gasteiger partial charge < -0.3 is 9.47 Å². The van der Waals surface area contributed by atoms with E-state index in [0.29, 0.717) is 39.9 Å². The lowest BCUT2D eigenvalue weighted by molar-refractivity contribution is 0.111. The summed E-state index contributed by atoms with van der Waals surface area (Å²) in [5, 5.41) is 8.38. The minimum absolute atomic E-state index is 0.0616. The minimum atomic E-state index is 0.0616. The molecule has 0 atom stereocenters. The number of benzene rings is 1. The van der Waals surface area contributed by atoms with E-state index in [0.717, 1.165) is 0 Å². The predicted octanol–water partition coefficient (Wildman–Crippen LogP) is 2.87. The number of carbonyl (C=O) groups excluding carboxylic acids is 1. The molecule has 0 aliphatic rings. The van der Waals surface area contributed by atoms with Crippen molar-refractivity contribution in [3.05, 3.63) is 28.5 Å². The van der Waals surface area contributed by atoms with Crippen LogP contribution in [0.3, 0.4) is 0 Å². The number of ether oxygens (including phenoxy) is 2. The van der Waals surface area contributed by atoms with E-state index < -0.39 is 0 Å². The maximum absolute atomic E-state index is 11.1. The molecule has 0 N–H and O–H groups in total. The quantitative estimate of drug-likeness (QED) is 0.795. The first kappa shape index (κ1) is 15.3. The molecule has 112 valence electrons. The van der Waals surface area contributed by atoms with Gasteiger partial charge in [-0.1, -0.05) is 30.7 Å². The van der Waals surface area contributed by atoms with Gasteiger partial charge in [-0.25, -0.2) is 4.68 Å². The first-order valence-electron chi connectivity index (χ1n) is 6.36. The third-order valence-corrected chi connectivity index (χ3v) is 3.37. The molecule has 1 aromatic heterocycles. The third kappa shape index (κ3) is 2.71. The third-order valence-electron chi connectivity index (χ3n) is 3.07. The van der Waals surface area contributed by atoms with Gasteiger partial charge in [0.2, 0.25) is 0 Å². The SMILES string of the molecule is COc1cc(-n2nnc(C=O)c2C(C)C)c(OC)cc1Cl. The van der Waals surface area contributed by atoms with Crippen LogP contribution in [0.1, 0.15) is 35.9 Å². The smallest absolute Gasteiger partial charge is 0.172 e. The van der Waals surface area contributed by atoms with Crippen molar-refractivity contribution in [1.82, 2.24) is 15.0 Å². The maximum Gasteiger partial charge on any atom is 0.172 e. The Morgan fingerprint density at radius 3 is 2.43 bits per heavy atom.